The molecule has 0 radical (unpaired) electrons. The van der Waals surface area contributed by atoms with Crippen LogP contribution >= 0.6 is 0 Å². The molecule has 11 heavy (non-hydrogen) atoms. The summed E-state index contributed by atoms with van der Waals surface area (Å²) in [5.74, 6) is 1.57. The van der Waals surface area contributed by atoms with Crippen molar-refractivity contribution in [3.63, 3.8) is 0 Å². The number of rotatable bonds is 0. The Morgan fingerprint density at radius 3 is 1.91 bits per heavy atom. The highest BCUT2D eigenvalue weighted by Gasteiger charge is 2.32. The van der Waals surface area contributed by atoms with Crippen LogP contribution in [0.4, 0.5) is 0 Å². The molecular formula is C11H12. The van der Waals surface area contributed by atoms with Crippen molar-refractivity contribution in [3.05, 3.63) is 35.5 Å². The predicted molar refractivity (Wildman–Crippen MR) is 46.1 cm³/mol. The first kappa shape index (κ1) is 5.82. The highest BCUT2D eigenvalue weighted by atomic mass is 14.4. The Kier molecular flexibility index (Phi) is 0.993. The lowest BCUT2D eigenvalue weighted by Gasteiger charge is -2.34. The summed E-state index contributed by atoms with van der Waals surface area (Å²) in [6.45, 7) is 0. The molecule has 0 N–H and O–H groups in total. The van der Waals surface area contributed by atoms with Gasteiger partial charge in [0, 0.05) is 11.8 Å². The van der Waals surface area contributed by atoms with Crippen molar-refractivity contribution in [2.75, 3.05) is 0 Å². The SMILES string of the molecule is C1=CC2CCC1C1=CCC=C12. The number of hydrogen-bond donors (Lipinski definition) is 0. The summed E-state index contributed by atoms with van der Waals surface area (Å²) < 4.78 is 0. The lowest BCUT2D eigenvalue weighted by atomic mass is 9.71. The van der Waals surface area contributed by atoms with E-state index in [-0.39, 0.29) is 0 Å². The van der Waals surface area contributed by atoms with Gasteiger partial charge in [-0.1, -0.05) is 24.3 Å². The van der Waals surface area contributed by atoms with E-state index >= 15 is 0 Å². The van der Waals surface area contributed by atoms with Crippen LogP contribution in [-0.4, -0.2) is 0 Å². The van der Waals surface area contributed by atoms with Crippen LogP contribution in [0, 0.1) is 11.8 Å². The Morgan fingerprint density at radius 2 is 1.45 bits per heavy atom. The molecule has 0 heterocycles. The number of fused-ring (bicyclic) bond motifs is 1. The van der Waals surface area contributed by atoms with E-state index in [2.05, 4.69) is 24.3 Å². The third-order valence-corrected chi connectivity index (χ3v) is 3.17. The summed E-state index contributed by atoms with van der Waals surface area (Å²) in [5.41, 5.74) is 3.31. The molecule has 0 aliphatic heterocycles. The monoisotopic (exact) mass is 144 g/mol. The van der Waals surface area contributed by atoms with Gasteiger partial charge in [0.25, 0.3) is 0 Å². The number of hydrogen-bond acceptors (Lipinski definition) is 0. The Hall–Kier alpha value is -0.780. The second kappa shape index (κ2) is 1.88. The molecule has 2 unspecified atom stereocenters. The molecule has 0 saturated heterocycles. The zero-order chi connectivity index (χ0) is 7.26. The highest BCUT2D eigenvalue weighted by Crippen LogP contribution is 2.46. The van der Waals surface area contributed by atoms with Crippen molar-refractivity contribution < 1.29 is 0 Å². The zero-order valence-electron chi connectivity index (χ0n) is 6.59. The van der Waals surface area contributed by atoms with E-state index in [1.54, 1.807) is 11.1 Å². The number of allylic oxidation sites excluding steroid dienone is 6. The zero-order valence-corrected chi connectivity index (χ0v) is 6.59. The fourth-order valence-corrected chi connectivity index (χ4v) is 2.62. The van der Waals surface area contributed by atoms with Gasteiger partial charge in [-0.15, -0.1) is 0 Å². The summed E-state index contributed by atoms with van der Waals surface area (Å²) in [4.78, 5) is 0. The highest BCUT2D eigenvalue weighted by molar-refractivity contribution is 5.48. The van der Waals surface area contributed by atoms with Gasteiger partial charge in [-0.05, 0) is 30.4 Å². The maximum Gasteiger partial charge on any atom is 0.00183 e. The Labute approximate surface area is 67.3 Å². The molecule has 2 atom stereocenters. The Bertz CT molecular complexity index is 250. The van der Waals surface area contributed by atoms with Crippen molar-refractivity contribution >= 4 is 0 Å². The van der Waals surface area contributed by atoms with Crippen LogP contribution < -0.4 is 0 Å². The van der Waals surface area contributed by atoms with Crippen LogP contribution in [0.25, 0.3) is 0 Å². The van der Waals surface area contributed by atoms with Crippen molar-refractivity contribution in [2.45, 2.75) is 19.3 Å². The van der Waals surface area contributed by atoms with E-state index in [1.165, 1.54) is 19.3 Å². The van der Waals surface area contributed by atoms with Gasteiger partial charge in [0.05, 0.1) is 0 Å². The molecule has 2 bridgehead atoms. The topological polar surface area (TPSA) is 0 Å². The van der Waals surface area contributed by atoms with Crippen LogP contribution in [0.3, 0.4) is 0 Å². The minimum atomic E-state index is 0.786. The lowest BCUT2D eigenvalue weighted by molar-refractivity contribution is 0.485. The third kappa shape index (κ3) is 0.649. The van der Waals surface area contributed by atoms with E-state index < -0.39 is 0 Å². The maximum atomic E-state index is 2.41. The second-order valence-electron chi connectivity index (χ2n) is 3.73. The molecule has 56 valence electrons. The van der Waals surface area contributed by atoms with Gasteiger partial charge >= 0.3 is 0 Å². The molecule has 0 heteroatoms. The summed E-state index contributed by atoms with van der Waals surface area (Å²) in [6.07, 6.45) is 13.6. The summed E-state index contributed by atoms with van der Waals surface area (Å²) >= 11 is 0. The van der Waals surface area contributed by atoms with E-state index in [0.29, 0.717) is 0 Å². The standard InChI is InChI=1S/C11H12/c1-2-10-8-4-6-9(7-5-8)11(10)3-1/h2-4,6,8-9H,1,5,7H2. The van der Waals surface area contributed by atoms with Gasteiger partial charge in [0.2, 0.25) is 0 Å². The van der Waals surface area contributed by atoms with Crippen LogP contribution in [0.5, 0.6) is 0 Å². The first-order valence-corrected chi connectivity index (χ1v) is 4.54. The molecule has 1 saturated carbocycles. The van der Waals surface area contributed by atoms with Crippen molar-refractivity contribution in [1.29, 1.82) is 0 Å². The predicted octanol–water partition coefficient (Wildman–Crippen LogP) is 2.84. The van der Waals surface area contributed by atoms with E-state index in [0.717, 1.165) is 11.8 Å². The van der Waals surface area contributed by atoms with Crippen LogP contribution in [0.15, 0.2) is 35.5 Å². The fourth-order valence-electron chi connectivity index (χ4n) is 2.62. The van der Waals surface area contributed by atoms with E-state index in [9.17, 15) is 0 Å². The summed E-state index contributed by atoms with van der Waals surface area (Å²) in [6, 6.07) is 0. The summed E-state index contributed by atoms with van der Waals surface area (Å²) in [7, 11) is 0. The molecule has 0 spiro atoms. The molecular weight excluding hydrogens is 132 g/mol. The van der Waals surface area contributed by atoms with Crippen molar-refractivity contribution in [1.82, 2.24) is 0 Å². The van der Waals surface area contributed by atoms with Gasteiger partial charge in [0.15, 0.2) is 0 Å². The quantitative estimate of drug-likeness (QED) is 0.458. The first-order chi connectivity index (χ1) is 5.45. The van der Waals surface area contributed by atoms with Gasteiger partial charge in [0.1, 0.15) is 0 Å². The molecule has 0 aromatic heterocycles. The largest absolute Gasteiger partial charge is 0.0804 e. The average molecular weight is 144 g/mol. The van der Waals surface area contributed by atoms with E-state index in [1.807, 2.05) is 0 Å². The smallest absolute Gasteiger partial charge is 0.00183 e. The molecule has 4 aliphatic rings. The molecule has 0 aromatic rings. The van der Waals surface area contributed by atoms with Crippen molar-refractivity contribution in [3.8, 4) is 0 Å². The Balaban J connectivity index is 2.17. The molecule has 0 amide bonds. The summed E-state index contributed by atoms with van der Waals surface area (Å²) in [5, 5.41) is 0. The van der Waals surface area contributed by atoms with E-state index in [4.69, 9.17) is 0 Å². The van der Waals surface area contributed by atoms with Crippen molar-refractivity contribution in [2.24, 2.45) is 11.8 Å². The van der Waals surface area contributed by atoms with Crippen LogP contribution in [-0.2, 0) is 0 Å². The fraction of sp³-hybridized carbons (Fsp3) is 0.455. The lowest BCUT2D eigenvalue weighted by Crippen LogP contribution is -2.21. The normalized spacial score (nSPS) is 38.5. The molecule has 4 aliphatic carbocycles. The minimum Gasteiger partial charge on any atom is -0.0804 e. The second-order valence-corrected chi connectivity index (χ2v) is 3.73. The molecule has 0 aromatic carbocycles. The Morgan fingerprint density at radius 1 is 0.909 bits per heavy atom. The molecule has 0 nitrogen and oxygen atoms in total. The van der Waals surface area contributed by atoms with Crippen LogP contribution in [0.2, 0.25) is 0 Å². The molecule has 1 fully saturated rings. The van der Waals surface area contributed by atoms with Gasteiger partial charge in [-0.3, -0.25) is 0 Å². The van der Waals surface area contributed by atoms with Gasteiger partial charge < -0.3 is 0 Å². The van der Waals surface area contributed by atoms with Gasteiger partial charge in [-0.25, -0.2) is 0 Å². The average Bonchev–Trinajstić information content (AvgIpc) is 2.55. The van der Waals surface area contributed by atoms with Crippen LogP contribution in [0.1, 0.15) is 19.3 Å². The first-order valence-electron chi connectivity index (χ1n) is 4.54. The third-order valence-electron chi connectivity index (χ3n) is 3.17. The maximum absolute atomic E-state index is 2.41. The minimum absolute atomic E-state index is 0.786. The molecule has 4 rings (SSSR count). The van der Waals surface area contributed by atoms with Gasteiger partial charge in [-0.2, -0.15) is 0 Å².